The van der Waals surface area contributed by atoms with Crippen molar-refractivity contribution < 1.29 is 4.39 Å². The average Bonchev–Trinajstić information content (AvgIpc) is 2.37. The van der Waals surface area contributed by atoms with Crippen molar-refractivity contribution in [2.45, 2.75) is 45.7 Å². The fourth-order valence-corrected chi connectivity index (χ4v) is 3.21. The maximum absolute atomic E-state index is 13.8. The van der Waals surface area contributed by atoms with Crippen molar-refractivity contribution in [2.24, 2.45) is 0 Å². The quantitative estimate of drug-likeness (QED) is 0.906. The molecule has 0 amide bonds. The van der Waals surface area contributed by atoms with Gasteiger partial charge in [0, 0.05) is 30.9 Å². The van der Waals surface area contributed by atoms with Crippen LogP contribution in [0.5, 0.6) is 0 Å². The molecule has 0 aromatic heterocycles. The summed E-state index contributed by atoms with van der Waals surface area (Å²) in [6, 6.07) is 4.43. The van der Waals surface area contributed by atoms with E-state index in [9.17, 15) is 4.39 Å². The zero-order valence-electron chi connectivity index (χ0n) is 11.8. The second kappa shape index (κ2) is 6.23. The number of nitrogens with zero attached hydrogens (tertiary/aromatic N) is 1. The van der Waals surface area contributed by atoms with E-state index in [1.807, 2.05) is 13.0 Å². The molecule has 0 aliphatic carbocycles. The van der Waals surface area contributed by atoms with E-state index in [-0.39, 0.29) is 5.82 Å². The Bertz CT molecular complexity index is 450. The van der Waals surface area contributed by atoms with Gasteiger partial charge in [0.15, 0.2) is 0 Å². The van der Waals surface area contributed by atoms with Crippen molar-refractivity contribution in [1.82, 2.24) is 5.32 Å². The predicted octanol–water partition coefficient (Wildman–Crippen LogP) is 3.86. The molecule has 19 heavy (non-hydrogen) atoms. The Labute approximate surface area is 123 Å². The molecule has 1 aromatic carbocycles. The van der Waals surface area contributed by atoms with E-state index in [1.165, 1.54) is 12.8 Å². The van der Waals surface area contributed by atoms with Crippen molar-refractivity contribution in [3.8, 4) is 0 Å². The van der Waals surface area contributed by atoms with E-state index in [4.69, 9.17) is 0 Å². The molecule has 0 spiro atoms. The van der Waals surface area contributed by atoms with Crippen LogP contribution in [-0.4, -0.2) is 25.2 Å². The van der Waals surface area contributed by atoms with Crippen LogP contribution in [0.25, 0.3) is 0 Å². The number of anilines is 1. The standard InChI is InChI=1S/C15H22BrFN2/c1-4-5-12-9-19(11(3)8-18-12)15-7-14(17)13(16)6-10(15)2/h6-7,11-12,18H,4-5,8-9H2,1-3H3. The van der Waals surface area contributed by atoms with Gasteiger partial charge in [0.1, 0.15) is 5.82 Å². The second-order valence-electron chi connectivity index (χ2n) is 5.45. The molecule has 2 atom stereocenters. The van der Waals surface area contributed by atoms with Gasteiger partial charge in [0.2, 0.25) is 0 Å². The molecule has 0 radical (unpaired) electrons. The van der Waals surface area contributed by atoms with E-state index in [1.54, 1.807) is 6.07 Å². The molecule has 1 aliphatic heterocycles. The number of halogens is 2. The number of piperazine rings is 1. The van der Waals surface area contributed by atoms with Crippen LogP contribution in [0, 0.1) is 12.7 Å². The van der Waals surface area contributed by atoms with E-state index in [2.05, 4.69) is 40.0 Å². The zero-order valence-corrected chi connectivity index (χ0v) is 13.4. The smallest absolute Gasteiger partial charge is 0.139 e. The third kappa shape index (κ3) is 3.29. The lowest BCUT2D eigenvalue weighted by molar-refractivity contribution is 0.385. The molecule has 2 nitrogen and oxygen atoms in total. The van der Waals surface area contributed by atoms with Crippen molar-refractivity contribution in [2.75, 3.05) is 18.0 Å². The SMILES string of the molecule is CCCC1CN(c2cc(F)c(Br)cc2C)C(C)CN1. The molecule has 2 unspecified atom stereocenters. The minimum Gasteiger partial charge on any atom is -0.366 e. The minimum atomic E-state index is -0.182. The molecule has 1 saturated heterocycles. The first-order valence-electron chi connectivity index (χ1n) is 6.98. The summed E-state index contributed by atoms with van der Waals surface area (Å²) >= 11 is 3.25. The topological polar surface area (TPSA) is 15.3 Å². The van der Waals surface area contributed by atoms with Gasteiger partial charge >= 0.3 is 0 Å². The Hall–Kier alpha value is -0.610. The summed E-state index contributed by atoms with van der Waals surface area (Å²) < 4.78 is 14.3. The summed E-state index contributed by atoms with van der Waals surface area (Å²) in [5.74, 6) is -0.182. The lowest BCUT2D eigenvalue weighted by atomic mass is 10.0. The molecule has 1 aromatic rings. The third-order valence-electron chi connectivity index (χ3n) is 3.84. The largest absolute Gasteiger partial charge is 0.366 e. The van der Waals surface area contributed by atoms with Gasteiger partial charge in [-0.2, -0.15) is 0 Å². The van der Waals surface area contributed by atoms with Gasteiger partial charge in [-0.05, 0) is 53.9 Å². The van der Waals surface area contributed by atoms with Crippen LogP contribution in [0.3, 0.4) is 0 Å². The Morgan fingerprint density at radius 1 is 1.47 bits per heavy atom. The highest BCUT2D eigenvalue weighted by molar-refractivity contribution is 9.10. The molecule has 0 bridgehead atoms. The molecule has 0 saturated carbocycles. The summed E-state index contributed by atoms with van der Waals surface area (Å²) in [6.07, 6.45) is 2.34. The number of nitrogens with one attached hydrogen (secondary N) is 1. The highest BCUT2D eigenvalue weighted by atomic mass is 79.9. The second-order valence-corrected chi connectivity index (χ2v) is 6.30. The number of aryl methyl sites for hydroxylation is 1. The van der Waals surface area contributed by atoms with Gasteiger partial charge in [-0.3, -0.25) is 0 Å². The van der Waals surface area contributed by atoms with Crippen LogP contribution in [-0.2, 0) is 0 Å². The number of rotatable bonds is 3. The average molecular weight is 329 g/mol. The highest BCUT2D eigenvalue weighted by Gasteiger charge is 2.26. The fraction of sp³-hybridized carbons (Fsp3) is 0.600. The summed E-state index contributed by atoms with van der Waals surface area (Å²) in [5, 5.41) is 3.57. The third-order valence-corrected chi connectivity index (χ3v) is 4.44. The monoisotopic (exact) mass is 328 g/mol. The maximum Gasteiger partial charge on any atom is 0.139 e. The van der Waals surface area contributed by atoms with Gasteiger partial charge in [0.25, 0.3) is 0 Å². The number of benzene rings is 1. The molecule has 1 N–H and O–H groups in total. The van der Waals surface area contributed by atoms with Crippen LogP contribution < -0.4 is 10.2 Å². The summed E-state index contributed by atoms with van der Waals surface area (Å²) in [7, 11) is 0. The lowest BCUT2D eigenvalue weighted by Crippen LogP contribution is -2.55. The van der Waals surface area contributed by atoms with Crippen molar-refractivity contribution in [3.05, 3.63) is 28.0 Å². The van der Waals surface area contributed by atoms with Gasteiger partial charge in [-0.1, -0.05) is 13.3 Å². The summed E-state index contributed by atoms with van der Waals surface area (Å²) in [6.45, 7) is 8.35. The van der Waals surface area contributed by atoms with Gasteiger partial charge in [-0.25, -0.2) is 4.39 Å². The van der Waals surface area contributed by atoms with Gasteiger partial charge in [-0.15, -0.1) is 0 Å². The van der Waals surface area contributed by atoms with E-state index < -0.39 is 0 Å². The summed E-state index contributed by atoms with van der Waals surface area (Å²) in [4.78, 5) is 2.34. The molecule has 4 heteroatoms. The first kappa shape index (κ1) is 14.8. The molecule has 1 heterocycles. The van der Waals surface area contributed by atoms with Crippen LogP contribution in [0.4, 0.5) is 10.1 Å². The maximum atomic E-state index is 13.8. The van der Waals surface area contributed by atoms with E-state index in [0.717, 1.165) is 24.3 Å². The van der Waals surface area contributed by atoms with Crippen molar-refractivity contribution in [3.63, 3.8) is 0 Å². The van der Waals surface area contributed by atoms with Gasteiger partial charge in [0.05, 0.1) is 4.47 Å². The molecule has 1 fully saturated rings. The Morgan fingerprint density at radius 2 is 2.21 bits per heavy atom. The Kier molecular flexibility index (Phi) is 4.85. The molecular weight excluding hydrogens is 307 g/mol. The molecule has 2 rings (SSSR count). The summed E-state index contributed by atoms with van der Waals surface area (Å²) in [5.41, 5.74) is 2.15. The molecular formula is C15H22BrFN2. The van der Waals surface area contributed by atoms with Gasteiger partial charge < -0.3 is 10.2 Å². The van der Waals surface area contributed by atoms with Crippen LogP contribution in [0.2, 0.25) is 0 Å². The van der Waals surface area contributed by atoms with Crippen molar-refractivity contribution >= 4 is 21.6 Å². The van der Waals surface area contributed by atoms with Crippen LogP contribution in [0.1, 0.15) is 32.3 Å². The molecule has 1 aliphatic rings. The first-order chi connectivity index (χ1) is 9.02. The normalized spacial score (nSPS) is 23.7. The molecule has 106 valence electrons. The Morgan fingerprint density at radius 3 is 2.89 bits per heavy atom. The van der Waals surface area contributed by atoms with E-state index in [0.29, 0.717) is 16.6 Å². The predicted molar refractivity (Wildman–Crippen MR) is 82.3 cm³/mol. The number of hydrogen-bond acceptors (Lipinski definition) is 2. The highest BCUT2D eigenvalue weighted by Crippen LogP contribution is 2.29. The fourth-order valence-electron chi connectivity index (χ4n) is 2.75. The van der Waals surface area contributed by atoms with Crippen LogP contribution in [0.15, 0.2) is 16.6 Å². The van der Waals surface area contributed by atoms with E-state index >= 15 is 0 Å². The van der Waals surface area contributed by atoms with Crippen LogP contribution >= 0.6 is 15.9 Å². The lowest BCUT2D eigenvalue weighted by Gasteiger charge is -2.41. The first-order valence-corrected chi connectivity index (χ1v) is 7.78. The minimum absolute atomic E-state index is 0.182. The zero-order chi connectivity index (χ0) is 14.0. The number of hydrogen-bond donors (Lipinski definition) is 1. The van der Waals surface area contributed by atoms with Crippen molar-refractivity contribution in [1.29, 1.82) is 0 Å². The Balaban J connectivity index is 2.25.